The number of nitrogens with zero attached hydrogens (tertiary/aromatic N) is 1. The summed E-state index contributed by atoms with van der Waals surface area (Å²) in [6, 6.07) is 0.169. The van der Waals surface area contributed by atoms with Gasteiger partial charge in [-0.1, -0.05) is 13.5 Å². The van der Waals surface area contributed by atoms with Crippen molar-refractivity contribution in [2.24, 2.45) is 0 Å². The van der Waals surface area contributed by atoms with Gasteiger partial charge >= 0.3 is 0 Å². The summed E-state index contributed by atoms with van der Waals surface area (Å²) >= 11 is 0. The summed E-state index contributed by atoms with van der Waals surface area (Å²) in [6.45, 7) is 8.74. The zero-order chi connectivity index (χ0) is 12.9. The van der Waals surface area contributed by atoms with Crippen molar-refractivity contribution in [2.75, 3.05) is 38.2 Å². The third-order valence-corrected chi connectivity index (χ3v) is 4.86. The van der Waals surface area contributed by atoms with E-state index in [2.05, 4.69) is 23.7 Å². The molecule has 0 radical (unpaired) electrons. The Morgan fingerprint density at radius 2 is 2.24 bits per heavy atom. The molecule has 1 aliphatic rings. The summed E-state index contributed by atoms with van der Waals surface area (Å²) in [6.07, 6.45) is 1.87. The molecule has 0 aromatic carbocycles. The summed E-state index contributed by atoms with van der Waals surface area (Å²) in [5.41, 5.74) is 1.12. The number of rotatable bonds is 7. The predicted octanol–water partition coefficient (Wildman–Crippen LogP) is 0.661. The van der Waals surface area contributed by atoms with Gasteiger partial charge in [0.05, 0.1) is 11.5 Å². The fourth-order valence-corrected chi connectivity index (χ4v) is 3.91. The van der Waals surface area contributed by atoms with E-state index in [1.54, 1.807) is 0 Å². The summed E-state index contributed by atoms with van der Waals surface area (Å²) in [5.74, 6) is 0.641. The molecule has 0 amide bonds. The van der Waals surface area contributed by atoms with E-state index in [4.69, 9.17) is 0 Å². The van der Waals surface area contributed by atoms with E-state index in [9.17, 15) is 8.42 Å². The Balaban J connectivity index is 2.29. The lowest BCUT2D eigenvalue weighted by atomic mass is 10.2. The summed E-state index contributed by atoms with van der Waals surface area (Å²) in [7, 11) is -0.801. The Morgan fingerprint density at radius 3 is 2.76 bits per heavy atom. The van der Waals surface area contributed by atoms with Crippen LogP contribution < -0.4 is 5.32 Å². The number of hydrogen-bond donors (Lipinski definition) is 1. The molecule has 1 unspecified atom stereocenters. The molecule has 0 spiro atoms. The van der Waals surface area contributed by atoms with Crippen LogP contribution in [0.4, 0.5) is 0 Å². The molecule has 1 fully saturated rings. The van der Waals surface area contributed by atoms with Gasteiger partial charge in [0.15, 0.2) is 9.84 Å². The fraction of sp³-hybridized carbons (Fsp3) is 0.833. The van der Waals surface area contributed by atoms with Crippen molar-refractivity contribution in [1.82, 2.24) is 10.2 Å². The molecule has 0 aromatic heterocycles. The molecule has 5 heteroatoms. The first-order valence-electron chi connectivity index (χ1n) is 6.22. The highest BCUT2D eigenvalue weighted by Crippen LogP contribution is 2.16. The molecule has 1 saturated heterocycles. The van der Waals surface area contributed by atoms with Gasteiger partial charge in [0, 0.05) is 19.1 Å². The number of hydrogen-bond acceptors (Lipinski definition) is 4. The zero-order valence-corrected chi connectivity index (χ0v) is 11.7. The third-order valence-electron chi connectivity index (χ3n) is 3.11. The Morgan fingerprint density at radius 1 is 1.53 bits per heavy atom. The van der Waals surface area contributed by atoms with Crippen LogP contribution in [0.2, 0.25) is 0 Å². The topological polar surface area (TPSA) is 49.4 Å². The largest absolute Gasteiger partial charge is 0.313 e. The minimum Gasteiger partial charge on any atom is -0.313 e. The normalized spacial score (nSPS) is 23.1. The quantitative estimate of drug-likeness (QED) is 0.540. The predicted molar refractivity (Wildman–Crippen MR) is 72.0 cm³/mol. The Labute approximate surface area is 105 Å². The highest BCUT2D eigenvalue weighted by atomic mass is 32.2. The van der Waals surface area contributed by atoms with Gasteiger partial charge in [-0.2, -0.15) is 0 Å². The highest BCUT2D eigenvalue weighted by molar-refractivity contribution is 7.91. The molecule has 0 aromatic rings. The standard InChI is InChI=1S/C12H24N2O2S/c1-4-6-13-8-11(2)9-14(3)12-5-7-17(15,16)10-12/h12-13H,2,4-10H2,1,3H3. The number of sulfone groups is 1. The van der Waals surface area contributed by atoms with Crippen molar-refractivity contribution in [3.8, 4) is 0 Å². The molecular weight excluding hydrogens is 236 g/mol. The minimum atomic E-state index is -2.78. The van der Waals surface area contributed by atoms with Crippen molar-refractivity contribution in [2.45, 2.75) is 25.8 Å². The van der Waals surface area contributed by atoms with Gasteiger partial charge in [0.25, 0.3) is 0 Å². The van der Waals surface area contributed by atoms with Crippen LogP contribution in [0.15, 0.2) is 12.2 Å². The second kappa shape index (κ2) is 6.52. The summed E-state index contributed by atoms with van der Waals surface area (Å²) < 4.78 is 22.8. The van der Waals surface area contributed by atoms with Gasteiger partial charge in [-0.3, -0.25) is 4.90 Å². The minimum absolute atomic E-state index is 0.169. The smallest absolute Gasteiger partial charge is 0.151 e. The first kappa shape index (κ1) is 14.7. The van der Waals surface area contributed by atoms with E-state index in [1.807, 2.05) is 7.05 Å². The van der Waals surface area contributed by atoms with Gasteiger partial charge in [0.2, 0.25) is 0 Å². The van der Waals surface area contributed by atoms with E-state index in [0.717, 1.165) is 38.0 Å². The van der Waals surface area contributed by atoms with Crippen LogP contribution in [0.25, 0.3) is 0 Å². The van der Waals surface area contributed by atoms with Crippen LogP contribution in [-0.2, 0) is 9.84 Å². The molecule has 1 aliphatic heterocycles. The molecule has 0 saturated carbocycles. The maximum Gasteiger partial charge on any atom is 0.151 e. The molecule has 1 heterocycles. The average molecular weight is 260 g/mol. The van der Waals surface area contributed by atoms with Gasteiger partial charge < -0.3 is 5.32 Å². The molecule has 0 aliphatic carbocycles. The second-order valence-electron chi connectivity index (χ2n) is 4.90. The number of likely N-dealkylation sites (N-methyl/N-ethyl adjacent to an activating group) is 1. The van der Waals surface area contributed by atoms with E-state index in [1.165, 1.54) is 0 Å². The maximum atomic E-state index is 11.4. The molecule has 4 nitrogen and oxygen atoms in total. The van der Waals surface area contributed by atoms with Crippen molar-refractivity contribution in [1.29, 1.82) is 0 Å². The Hall–Kier alpha value is -0.390. The third kappa shape index (κ3) is 5.19. The van der Waals surface area contributed by atoms with E-state index >= 15 is 0 Å². The molecule has 0 bridgehead atoms. The lowest BCUT2D eigenvalue weighted by Crippen LogP contribution is -2.35. The van der Waals surface area contributed by atoms with Gasteiger partial charge in [0.1, 0.15) is 0 Å². The maximum absolute atomic E-state index is 11.4. The van der Waals surface area contributed by atoms with Crippen LogP contribution in [0.3, 0.4) is 0 Å². The SMILES string of the molecule is C=C(CNCCC)CN(C)C1CCS(=O)(=O)C1. The molecular formula is C12H24N2O2S. The van der Waals surface area contributed by atoms with Crippen molar-refractivity contribution >= 4 is 9.84 Å². The van der Waals surface area contributed by atoms with Crippen LogP contribution >= 0.6 is 0 Å². The first-order valence-corrected chi connectivity index (χ1v) is 8.05. The highest BCUT2D eigenvalue weighted by Gasteiger charge is 2.30. The second-order valence-corrected chi connectivity index (χ2v) is 7.13. The molecule has 1 atom stereocenters. The lowest BCUT2D eigenvalue weighted by molar-refractivity contribution is 0.281. The lowest BCUT2D eigenvalue weighted by Gasteiger charge is -2.24. The Bertz CT molecular complexity index is 352. The van der Waals surface area contributed by atoms with Gasteiger partial charge in [-0.15, -0.1) is 0 Å². The van der Waals surface area contributed by atoms with Crippen LogP contribution in [0.5, 0.6) is 0 Å². The van der Waals surface area contributed by atoms with Crippen LogP contribution in [-0.4, -0.2) is 57.5 Å². The van der Waals surface area contributed by atoms with Crippen LogP contribution in [0, 0.1) is 0 Å². The van der Waals surface area contributed by atoms with Gasteiger partial charge in [-0.25, -0.2) is 8.42 Å². The summed E-state index contributed by atoms with van der Waals surface area (Å²) in [5, 5.41) is 3.30. The summed E-state index contributed by atoms with van der Waals surface area (Å²) in [4.78, 5) is 2.11. The number of nitrogens with one attached hydrogen (secondary N) is 1. The Kier molecular flexibility index (Phi) is 5.62. The molecule has 100 valence electrons. The first-order chi connectivity index (χ1) is 7.94. The average Bonchev–Trinajstić information content (AvgIpc) is 2.59. The zero-order valence-electron chi connectivity index (χ0n) is 10.9. The molecule has 1 rings (SSSR count). The molecule has 1 N–H and O–H groups in total. The molecule has 17 heavy (non-hydrogen) atoms. The van der Waals surface area contributed by atoms with E-state index in [-0.39, 0.29) is 6.04 Å². The fourth-order valence-electron chi connectivity index (χ4n) is 2.10. The van der Waals surface area contributed by atoms with Gasteiger partial charge in [-0.05, 0) is 32.0 Å². The van der Waals surface area contributed by atoms with Crippen LogP contribution in [0.1, 0.15) is 19.8 Å². The van der Waals surface area contributed by atoms with Crippen molar-refractivity contribution in [3.63, 3.8) is 0 Å². The van der Waals surface area contributed by atoms with E-state index in [0.29, 0.717) is 11.5 Å². The van der Waals surface area contributed by atoms with E-state index < -0.39 is 9.84 Å². The van der Waals surface area contributed by atoms with Crippen molar-refractivity contribution in [3.05, 3.63) is 12.2 Å². The van der Waals surface area contributed by atoms with Crippen molar-refractivity contribution < 1.29 is 8.42 Å². The monoisotopic (exact) mass is 260 g/mol.